The minimum atomic E-state index is 0.253. The summed E-state index contributed by atoms with van der Waals surface area (Å²) in [6, 6.07) is 2.23. The summed E-state index contributed by atoms with van der Waals surface area (Å²) in [7, 11) is 0. The van der Waals surface area contributed by atoms with Gasteiger partial charge in [0.05, 0.1) is 0 Å². The van der Waals surface area contributed by atoms with Gasteiger partial charge in [-0.05, 0) is 68.9 Å². The first-order chi connectivity index (χ1) is 7.93. The predicted octanol–water partition coefficient (Wildman–Crippen LogP) is 4.30. The summed E-state index contributed by atoms with van der Waals surface area (Å²) >= 11 is 0. The highest BCUT2D eigenvalue weighted by molar-refractivity contribution is 5.75. The molecule has 1 heteroatoms. The van der Waals surface area contributed by atoms with Crippen LogP contribution in [-0.4, -0.2) is 5.78 Å². The smallest absolute Gasteiger partial charge is 0.130 e. The molecule has 0 saturated heterocycles. The molecular formula is C16H22O. The lowest BCUT2D eigenvalue weighted by molar-refractivity contribution is -0.116. The highest BCUT2D eigenvalue weighted by Gasteiger charge is 2.05. The van der Waals surface area contributed by atoms with Crippen LogP contribution in [0, 0.1) is 27.7 Å². The van der Waals surface area contributed by atoms with Crippen LogP contribution in [0.1, 0.15) is 47.6 Å². The number of hydrogen-bond acceptors (Lipinski definition) is 1. The average Bonchev–Trinajstić information content (AvgIpc) is 2.25. The lowest BCUT2D eigenvalue weighted by Crippen LogP contribution is -1.94. The van der Waals surface area contributed by atoms with Crippen LogP contribution in [0.25, 0.3) is 6.08 Å². The van der Waals surface area contributed by atoms with E-state index in [0.29, 0.717) is 6.42 Å². The summed E-state index contributed by atoms with van der Waals surface area (Å²) in [5, 5.41) is 0. The van der Waals surface area contributed by atoms with E-state index in [1.807, 2.05) is 0 Å². The third-order valence-electron chi connectivity index (χ3n) is 3.37. The second-order valence-electron chi connectivity index (χ2n) is 4.82. The Morgan fingerprint density at radius 1 is 1.12 bits per heavy atom. The number of carbonyl (C=O) groups is 1. The van der Waals surface area contributed by atoms with E-state index in [1.54, 1.807) is 6.92 Å². The normalized spacial score (nSPS) is 11.1. The highest BCUT2D eigenvalue weighted by Crippen LogP contribution is 2.23. The molecule has 0 unspecified atom stereocenters. The highest BCUT2D eigenvalue weighted by atomic mass is 16.1. The van der Waals surface area contributed by atoms with Crippen LogP contribution < -0.4 is 0 Å². The second kappa shape index (κ2) is 5.81. The van der Waals surface area contributed by atoms with Gasteiger partial charge in [0.1, 0.15) is 5.78 Å². The number of hydrogen-bond donors (Lipinski definition) is 0. The molecule has 0 atom stereocenters. The minimum absolute atomic E-state index is 0.253. The SMILES string of the molecule is CC(=O)CC/C=C/c1c(C)c(C)cc(C)c1C. The number of allylic oxidation sites excluding steroid dienone is 1. The monoisotopic (exact) mass is 230 g/mol. The second-order valence-corrected chi connectivity index (χ2v) is 4.82. The summed E-state index contributed by atoms with van der Waals surface area (Å²) in [4.78, 5) is 10.9. The van der Waals surface area contributed by atoms with Crippen molar-refractivity contribution < 1.29 is 4.79 Å². The molecule has 17 heavy (non-hydrogen) atoms. The molecular weight excluding hydrogens is 208 g/mol. The quantitative estimate of drug-likeness (QED) is 0.753. The summed E-state index contributed by atoms with van der Waals surface area (Å²) in [6.07, 6.45) is 5.74. The van der Waals surface area contributed by atoms with Crippen LogP contribution in [-0.2, 0) is 4.79 Å². The van der Waals surface area contributed by atoms with Crippen LogP contribution >= 0.6 is 0 Å². The van der Waals surface area contributed by atoms with E-state index >= 15 is 0 Å². The van der Waals surface area contributed by atoms with Crippen molar-refractivity contribution in [1.29, 1.82) is 0 Å². The van der Waals surface area contributed by atoms with E-state index in [4.69, 9.17) is 0 Å². The summed E-state index contributed by atoms with van der Waals surface area (Å²) < 4.78 is 0. The zero-order chi connectivity index (χ0) is 13.0. The van der Waals surface area contributed by atoms with Crippen molar-refractivity contribution in [3.8, 4) is 0 Å². The lowest BCUT2D eigenvalue weighted by atomic mass is 9.94. The molecule has 1 aromatic rings. The number of aryl methyl sites for hydroxylation is 2. The first-order valence-electron chi connectivity index (χ1n) is 6.17. The first kappa shape index (κ1) is 13.7. The van der Waals surface area contributed by atoms with Crippen molar-refractivity contribution in [2.24, 2.45) is 0 Å². The Kier molecular flexibility index (Phi) is 4.68. The molecule has 0 amide bonds. The zero-order valence-electron chi connectivity index (χ0n) is 11.6. The Morgan fingerprint density at radius 3 is 2.12 bits per heavy atom. The molecule has 1 aromatic carbocycles. The molecule has 0 aliphatic rings. The third kappa shape index (κ3) is 3.55. The van der Waals surface area contributed by atoms with Crippen LogP contribution in [0.4, 0.5) is 0 Å². The van der Waals surface area contributed by atoms with Gasteiger partial charge in [0.25, 0.3) is 0 Å². The molecule has 0 saturated carbocycles. The van der Waals surface area contributed by atoms with Gasteiger partial charge >= 0.3 is 0 Å². The number of benzene rings is 1. The van der Waals surface area contributed by atoms with E-state index in [9.17, 15) is 4.79 Å². The van der Waals surface area contributed by atoms with Crippen molar-refractivity contribution in [2.75, 3.05) is 0 Å². The minimum Gasteiger partial charge on any atom is -0.300 e. The van der Waals surface area contributed by atoms with Crippen molar-refractivity contribution >= 4 is 11.9 Å². The molecule has 0 bridgehead atoms. The fraction of sp³-hybridized carbons (Fsp3) is 0.438. The van der Waals surface area contributed by atoms with Crippen molar-refractivity contribution in [2.45, 2.75) is 47.5 Å². The topological polar surface area (TPSA) is 17.1 Å². The summed E-state index contributed by atoms with van der Waals surface area (Å²) in [5.41, 5.74) is 6.66. The van der Waals surface area contributed by atoms with Crippen molar-refractivity contribution in [1.82, 2.24) is 0 Å². The first-order valence-corrected chi connectivity index (χ1v) is 6.17. The Bertz CT molecular complexity index is 427. The van der Waals surface area contributed by atoms with Gasteiger partial charge in [-0.1, -0.05) is 18.2 Å². The molecule has 0 spiro atoms. The zero-order valence-corrected chi connectivity index (χ0v) is 11.6. The van der Waals surface area contributed by atoms with Crippen molar-refractivity contribution in [3.05, 3.63) is 40.0 Å². The number of carbonyl (C=O) groups excluding carboxylic acids is 1. The largest absolute Gasteiger partial charge is 0.300 e. The number of rotatable bonds is 4. The molecule has 1 rings (SSSR count). The molecule has 0 aliphatic heterocycles. The van der Waals surface area contributed by atoms with Gasteiger partial charge in [0.2, 0.25) is 0 Å². The fourth-order valence-electron chi connectivity index (χ4n) is 1.99. The lowest BCUT2D eigenvalue weighted by Gasteiger charge is -2.12. The Hall–Kier alpha value is -1.37. The summed E-state index contributed by atoms with van der Waals surface area (Å²) in [6.45, 7) is 10.3. The van der Waals surface area contributed by atoms with E-state index in [0.717, 1.165) is 6.42 Å². The molecule has 0 fully saturated rings. The standard InChI is InChI=1S/C16H22O/c1-11-10-12(2)15(5)16(14(11)4)9-7-6-8-13(3)17/h7,9-10H,6,8H2,1-5H3/b9-7+. The summed E-state index contributed by atoms with van der Waals surface area (Å²) in [5.74, 6) is 0.253. The van der Waals surface area contributed by atoms with Gasteiger partial charge in [-0.3, -0.25) is 0 Å². The van der Waals surface area contributed by atoms with Gasteiger partial charge in [-0.2, -0.15) is 0 Å². The van der Waals surface area contributed by atoms with Crippen molar-refractivity contribution in [3.63, 3.8) is 0 Å². The van der Waals surface area contributed by atoms with E-state index in [2.05, 4.69) is 45.9 Å². The molecule has 92 valence electrons. The molecule has 0 aliphatic carbocycles. The van der Waals surface area contributed by atoms with Gasteiger partial charge in [-0.25, -0.2) is 0 Å². The number of ketones is 1. The van der Waals surface area contributed by atoms with Gasteiger partial charge in [0, 0.05) is 6.42 Å². The predicted molar refractivity (Wildman–Crippen MR) is 74.3 cm³/mol. The average molecular weight is 230 g/mol. The van der Waals surface area contributed by atoms with Crippen LogP contribution in [0.5, 0.6) is 0 Å². The maximum absolute atomic E-state index is 10.9. The maximum Gasteiger partial charge on any atom is 0.130 e. The fourth-order valence-corrected chi connectivity index (χ4v) is 1.99. The molecule has 1 nitrogen and oxygen atoms in total. The van der Waals surface area contributed by atoms with Gasteiger partial charge in [-0.15, -0.1) is 0 Å². The number of Topliss-reactive ketones (excluding diaryl/α,β-unsaturated/α-hetero) is 1. The molecule has 0 heterocycles. The van der Waals surface area contributed by atoms with E-state index in [1.165, 1.54) is 27.8 Å². The molecule has 0 radical (unpaired) electrons. The van der Waals surface area contributed by atoms with Gasteiger partial charge in [0.15, 0.2) is 0 Å². The van der Waals surface area contributed by atoms with Crippen LogP contribution in [0.3, 0.4) is 0 Å². The third-order valence-corrected chi connectivity index (χ3v) is 3.37. The Balaban J connectivity index is 2.94. The van der Waals surface area contributed by atoms with E-state index < -0.39 is 0 Å². The maximum atomic E-state index is 10.9. The van der Waals surface area contributed by atoms with Gasteiger partial charge < -0.3 is 4.79 Å². The Labute approximate surface area is 105 Å². The molecule has 0 N–H and O–H groups in total. The van der Waals surface area contributed by atoms with Crippen LogP contribution in [0.15, 0.2) is 12.1 Å². The Morgan fingerprint density at radius 2 is 1.65 bits per heavy atom. The molecule has 0 aromatic heterocycles. The van der Waals surface area contributed by atoms with Crippen LogP contribution in [0.2, 0.25) is 0 Å². The van der Waals surface area contributed by atoms with E-state index in [-0.39, 0.29) is 5.78 Å².